The molecule has 20 heavy (non-hydrogen) atoms. The van der Waals surface area contributed by atoms with Crippen molar-refractivity contribution in [1.82, 2.24) is 24.7 Å². The minimum Gasteiger partial charge on any atom is -0.362 e. The molecule has 0 spiro atoms. The molecule has 2 N–H and O–H groups in total. The number of nitrogens with zero attached hydrogens (tertiary/aromatic N) is 5. The second kappa shape index (κ2) is 5.12. The summed E-state index contributed by atoms with van der Waals surface area (Å²) in [6.45, 7) is 0.519. The summed E-state index contributed by atoms with van der Waals surface area (Å²) in [7, 11) is 3.64. The summed E-state index contributed by atoms with van der Waals surface area (Å²) in [5.41, 5.74) is 0.892. The number of hydrogen-bond acceptors (Lipinski definition) is 6. The fourth-order valence-electron chi connectivity index (χ4n) is 1.95. The average molecular weight is 269 g/mol. The minimum atomic E-state index is 0.519. The number of aromatic nitrogens is 5. The van der Waals surface area contributed by atoms with Gasteiger partial charge in [0.15, 0.2) is 5.82 Å². The van der Waals surface area contributed by atoms with E-state index in [9.17, 15) is 0 Å². The number of rotatable bonds is 4. The number of para-hydroxylation sites is 1. The SMILES string of the molecule is CNc1nc(NCc2ncn(C)n2)c2ccccc2n1. The number of benzene rings is 1. The maximum Gasteiger partial charge on any atom is 0.224 e. The van der Waals surface area contributed by atoms with E-state index in [1.807, 2.05) is 31.3 Å². The highest BCUT2D eigenvalue weighted by Gasteiger charge is 2.07. The van der Waals surface area contributed by atoms with Crippen molar-refractivity contribution in [1.29, 1.82) is 0 Å². The molecule has 1 aromatic carbocycles. The molecule has 3 aromatic rings. The van der Waals surface area contributed by atoms with Gasteiger partial charge in [0.25, 0.3) is 0 Å². The highest BCUT2D eigenvalue weighted by atomic mass is 15.3. The lowest BCUT2D eigenvalue weighted by atomic mass is 10.2. The van der Waals surface area contributed by atoms with Crippen LogP contribution in [-0.4, -0.2) is 31.8 Å². The first-order valence-corrected chi connectivity index (χ1v) is 6.29. The molecule has 0 unspecified atom stereocenters. The van der Waals surface area contributed by atoms with Crippen LogP contribution in [0, 0.1) is 0 Å². The van der Waals surface area contributed by atoms with E-state index in [-0.39, 0.29) is 0 Å². The van der Waals surface area contributed by atoms with E-state index in [1.54, 1.807) is 18.1 Å². The van der Waals surface area contributed by atoms with Crippen LogP contribution in [0.3, 0.4) is 0 Å². The highest BCUT2D eigenvalue weighted by Crippen LogP contribution is 2.21. The largest absolute Gasteiger partial charge is 0.362 e. The molecule has 0 aliphatic rings. The molecule has 0 radical (unpaired) electrons. The van der Waals surface area contributed by atoms with Gasteiger partial charge in [0, 0.05) is 19.5 Å². The molecule has 7 heteroatoms. The molecule has 2 aromatic heterocycles. The molecule has 2 heterocycles. The Bertz CT molecular complexity index is 734. The standard InChI is InChI=1S/C13H15N7/c1-14-13-17-10-6-4-3-5-9(10)12(18-13)15-7-11-16-8-20(2)19-11/h3-6,8H,7H2,1-2H3,(H2,14,15,17,18). The van der Waals surface area contributed by atoms with Crippen LogP contribution in [0.1, 0.15) is 5.82 Å². The van der Waals surface area contributed by atoms with Crippen LogP contribution in [0.5, 0.6) is 0 Å². The average Bonchev–Trinajstić information content (AvgIpc) is 2.90. The van der Waals surface area contributed by atoms with Gasteiger partial charge in [-0.3, -0.25) is 4.68 Å². The van der Waals surface area contributed by atoms with Gasteiger partial charge < -0.3 is 10.6 Å². The predicted molar refractivity (Wildman–Crippen MR) is 77.4 cm³/mol. The summed E-state index contributed by atoms with van der Waals surface area (Å²) in [5, 5.41) is 11.4. The third-order valence-electron chi connectivity index (χ3n) is 2.89. The summed E-state index contributed by atoms with van der Waals surface area (Å²) in [4.78, 5) is 13.0. The topological polar surface area (TPSA) is 80.5 Å². The lowest BCUT2D eigenvalue weighted by molar-refractivity contribution is 0.747. The first-order chi connectivity index (χ1) is 9.76. The first kappa shape index (κ1) is 12.3. The third-order valence-corrected chi connectivity index (χ3v) is 2.89. The first-order valence-electron chi connectivity index (χ1n) is 6.29. The number of hydrogen-bond donors (Lipinski definition) is 2. The zero-order valence-electron chi connectivity index (χ0n) is 11.3. The van der Waals surface area contributed by atoms with Gasteiger partial charge in [0.1, 0.15) is 12.1 Å². The second-order valence-corrected chi connectivity index (χ2v) is 4.35. The van der Waals surface area contributed by atoms with Gasteiger partial charge in [0.05, 0.1) is 12.1 Å². The van der Waals surface area contributed by atoms with Gasteiger partial charge in [-0.1, -0.05) is 12.1 Å². The highest BCUT2D eigenvalue weighted by molar-refractivity contribution is 5.89. The summed E-state index contributed by atoms with van der Waals surface area (Å²) >= 11 is 0. The number of fused-ring (bicyclic) bond motifs is 1. The summed E-state index contributed by atoms with van der Waals surface area (Å²) in [6.07, 6.45) is 1.67. The number of nitrogens with one attached hydrogen (secondary N) is 2. The van der Waals surface area contributed by atoms with Crippen molar-refractivity contribution < 1.29 is 0 Å². The van der Waals surface area contributed by atoms with Gasteiger partial charge in [-0.15, -0.1) is 0 Å². The quantitative estimate of drug-likeness (QED) is 0.745. The van der Waals surface area contributed by atoms with Crippen LogP contribution in [0.2, 0.25) is 0 Å². The predicted octanol–water partition coefficient (Wildman–Crippen LogP) is 1.41. The molecule has 0 saturated heterocycles. The molecule has 0 amide bonds. The van der Waals surface area contributed by atoms with Gasteiger partial charge in [-0.05, 0) is 12.1 Å². The lowest BCUT2D eigenvalue weighted by Gasteiger charge is -2.09. The number of anilines is 2. The van der Waals surface area contributed by atoms with Crippen molar-refractivity contribution in [3.05, 3.63) is 36.4 Å². The Morgan fingerprint density at radius 1 is 1.20 bits per heavy atom. The smallest absolute Gasteiger partial charge is 0.224 e. The fourth-order valence-corrected chi connectivity index (χ4v) is 1.95. The van der Waals surface area contributed by atoms with Crippen molar-refractivity contribution in [2.24, 2.45) is 7.05 Å². The Kier molecular flexibility index (Phi) is 3.16. The zero-order valence-corrected chi connectivity index (χ0v) is 11.3. The van der Waals surface area contributed by atoms with Gasteiger partial charge in [-0.25, -0.2) is 9.97 Å². The van der Waals surface area contributed by atoms with E-state index in [2.05, 4.69) is 30.7 Å². The molecule has 0 saturated carbocycles. The van der Waals surface area contributed by atoms with E-state index < -0.39 is 0 Å². The Labute approximate surface area is 116 Å². The molecule has 3 rings (SSSR count). The normalized spacial score (nSPS) is 10.7. The summed E-state index contributed by atoms with van der Waals surface area (Å²) in [6, 6.07) is 7.87. The van der Waals surface area contributed by atoms with Crippen LogP contribution in [-0.2, 0) is 13.6 Å². The molecule has 0 aliphatic heterocycles. The molecule has 0 fully saturated rings. The fraction of sp³-hybridized carbons (Fsp3) is 0.231. The number of aryl methyl sites for hydroxylation is 1. The van der Waals surface area contributed by atoms with Crippen LogP contribution in [0.15, 0.2) is 30.6 Å². The molecule has 0 bridgehead atoms. The molecule has 0 aliphatic carbocycles. The monoisotopic (exact) mass is 269 g/mol. The summed E-state index contributed by atoms with van der Waals surface area (Å²) in [5.74, 6) is 2.08. The van der Waals surface area contributed by atoms with E-state index in [4.69, 9.17) is 0 Å². The third kappa shape index (κ3) is 2.37. The van der Waals surface area contributed by atoms with Gasteiger partial charge in [0.2, 0.25) is 5.95 Å². The zero-order chi connectivity index (χ0) is 13.9. The van der Waals surface area contributed by atoms with Gasteiger partial charge in [-0.2, -0.15) is 10.1 Å². The van der Waals surface area contributed by atoms with Crippen LogP contribution >= 0.6 is 0 Å². The van der Waals surface area contributed by atoms with Gasteiger partial charge >= 0.3 is 0 Å². The van der Waals surface area contributed by atoms with Crippen LogP contribution < -0.4 is 10.6 Å². The second-order valence-electron chi connectivity index (χ2n) is 4.35. The molecular formula is C13H15N7. The van der Waals surface area contributed by atoms with E-state index in [0.717, 1.165) is 22.5 Å². The maximum atomic E-state index is 4.45. The van der Waals surface area contributed by atoms with Crippen molar-refractivity contribution in [3.8, 4) is 0 Å². The van der Waals surface area contributed by atoms with Crippen molar-refractivity contribution in [3.63, 3.8) is 0 Å². The Balaban J connectivity index is 1.93. The summed E-state index contributed by atoms with van der Waals surface area (Å²) < 4.78 is 1.67. The minimum absolute atomic E-state index is 0.519. The van der Waals surface area contributed by atoms with E-state index >= 15 is 0 Å². The molecular weight excluding hydrogens is 254 g/mol. The van der Waals surface area contributed by atoms with E-state index in [0.29, 0.717) is 12.5 Å². The van der Waals surface area contributed by atoms with Crippen molar-refractivity contribution in [2.45, 2.75) is 6.54 Å². The van der Waals surface area contributed by atoms with Crippen LogP contribution in [0.25, 0.3) is 10.9 Å². The lowest BCUT2D eigenvalue weighted by Crippen LogP contribution is -2.07. The Morgan fingerprint density at radius 2 is 2.05 bits per heavy atom. The van der Waals surface area contributed by atoms with E-state index in [1.165, 1.54) is 0 Å². The maximum absolute atomic E-state index is 4.45. The van der Waals surface area contributed by atoms with Crippen molar-refractivity contribution in [2.75, 3.05) is 17.7 Å². The molecule has 7 nitrogen and oxygen atoms in total. The van der Waals surface area contributed by atoms with Crippen LogP contribution in [0.4, 0.5) is 11.8 Å². The van der Waals surface area contributed by atoms with Crippen molar-refractivity contribution >= 4 is 22.7 Å². The molecule has 102 valence electrons. The Hall–Kier alpha value is -2.70. The Morgan fingerprint density at radius 3 is 2.80 bits per heavy atom. The molecule has 0 atom stereocenters.